The van der Waals surface area contributed by atoms with Gasteiger partial charge in [0.2, 0.25) is 0 Å². The smallest absolute Gasteiger partial charge is 0.329 e. The van der Waals surface area contributed by atoms with E-state index in [2.05, 4.69) is 15.0 Å². The lowest BCUT2D eigenvalue weighted by molar-refractivity contribution is 0.790. The molecule has 0 aliphatic carbocycles. The SMILES string of the molecule is [2H]Cn1c(=O)[nH]c2nc[nH]c2c1=O. The second-order valence-corrected chi connectivity index (χ2v) is 2.29. The summed E-state index contributed by atoms with van der Waals surface area (Å²) < 4.78 is 7.74. The Hall–Kier alpha value is -1.85. The summed E-state index contributed by atoms with van der Waals surface area (Å²) in [6.07, 6.45) is 1.32. The fourth-order valence-corrected chi connectivity index (χ4v) is 0.948. The molecule has 0 bridgehead atoms. The fourth-order valence-electron chi connectivity index (χ4n) is 0.948. The van der Waals surface area contributed by atoms with E-state index in [1.54, 1.807) is 0 Å². The summed E-state index contributed by atoms with van der Waals surface area (Å²) in [5.41, 5.74) is -0.697. The third-order valence-corrected chi connectivity index (χ3v) is 1.57. The van der Waals surface area contributed by atoms with Gasteiger partial charge in [0.15, 0.2) is 5.65 Å². The molecule has 0 saturated heterocycles. The van der Waals surface area contributed by atoms with Gasteiger partial charge in [0, 0.05) is 8.39 Å². The molecule has 0 fully saturated rings. The molecule has 0 radical (unpaired) electrons. The molecular formula is C6H6N4O2. The van der Waals surface area contributed by atoms with E-state index in [0.29, 0.717) is 0 Å². The molecule has 2 aromatic heterocycles. The number of hydrogen-bond acceptors (Lipinski definition) is 3. The van der Waals surface area contributed by atoms with Crippen LogP contribution in [0.3, 0.4) is 0 Å². The maximum atomic E-state index is 11.4. The molecule has 2 heterocycles. The first-order valence-corrected chi connectivity index (χ1v) is 3.19. The monoisotopic (exact) mass is 167 g/mol. The minimum atomic E-state index is -0.611. The van der Waals surface area contributed by atoms with Crippen molar-refractivity contribution in [3.8, 4) is 0 Å². The van der Waals surface area contributed by atoms with Gasteiger partial charge in [-0.1, -0.05) is 0 Å². The molecule has 0 aliphatic heterocycles. The quantitative estimate of drug-likeness (QED) is 0.525. The molecule has 6 nitrogen and oxygen atoms in total. The summed E-state index contributed by atoms with van der Waals surface area (Å²) in [6.45, 7) is 0. The van der Waals surface area contributed by atoms with Crippen LogP contribution in [0.5, 0.6) is 0 Å². The average molecular weight is 167 g/mol. The first-order chi connectivity index (χ1) is 6.24. The summed E-state index contributed by atoms with van der Waals surface area (Å²) in [5, 5.41) is 0. The molecule has 0 amide bonds. The van der Waals surface area contributed by atoms with Crippen LogP contribution in [0.4, 0.5) is 0 Å². The summed E-state index contributed by atoms with van der Waals surface area (Å²) in [4.78, 5) is 31.2. The number of H-pyrrole nitrogens is 2. The maximum Gasteiger partial charge on any atom is 0.329 e. The topological polar surface area (TPSA) is 83.5 Å². The van der Waals surface area contributed by atoms with E-state index in [-0.39, 0.29) is 11.2 Å². The Labute approximate surface area is 67.3 Å². The van der Waals surface area contributed by atoms with E-state index < -0.39 is 18.3 Å². The summed E-state index contributed by atoms with van der Waals surface area (Å²) in [7, 11) is -0.400. The van der Waals surface area contributed by atoms with Crippen molar-refractivity contribution in [2.24, 2.45) is 7.02 Å². The normalized spacial score (nSPS) is 11.8. The van der Waals surface area contributed by atoms with Gasteiger partial charge in [-0.2, -0.15) is 0 Å². The van der Waals surface area contributed by atoms with Gasteiger partial charge in [-0.15, -0.1) is 0 Å². The lowest BCUT2D eigenvalue weighted by atomic mass is 10.5. The Morgan fingerprint density at radius 3 is 3.25 bits per heavy atom. The van der Waals surface area contributed by atoms with Gasteiger partial charge in [0.05, 0.1) is 6.33 Å². The molecule has 6 heteroatoms. The van der Waals surface area contributed by atoms with Crippen LogP contribution in [-0.4, -0.2) is 19.5 Å². The van der Waals surface area contributed by atoms with E-state index in [9.17, 15) is 9.59 Å². The number of aromatic nitrogens is 4. The second-order valence-electron chi connectivity index (χ2n) is 2.29. The van der Waals surface area contributed by atoms with Crippen molar-refractivity contribution in [2.45, 2.75) is 0 Å². The number of hydrogen-bond donors (Lipinski definition) is 2. The molecule has 12 heavy (non-hydrogen) atoms. The highest BCUT2D eigenvalue weighted by Gasteiger charge is 2.04. The highest BCUT2D eigenvalue weighted by atomic mass is 16.2. The van der Waals surface area contributed by atoms with Crippen molar-refractivity contribution in [1.29, 1.82) is 0 Å². The zero-order valence-electron chi connectivity index (χ0n) is 7.00. The number of imidazole rings is 1. The van der Waals surface area contributed by atoms with E-state index >= 15 is 0 Å². The van der Waals surface area contributed by atoms with Crippen LogP contribution < -0.4 is 11.2 Å². The van der Waals surface area contributed by atoms with Gasteiger partial charge in [0.25, 0.3) is 5.56 Å². The predicted molar refractivity (Wildman–Crippen MR) is 42.0 cm³/mol. The lowest BCUT2D eigenvalue weighted by Crippen LogP contribution is -2.32. The first-order valence-electron chi connectivity index (χ1n) is 3.90. The molecule has 0 spiro atoms. The van der Waals surface area contributed by atoms with Gasteiger partial charge < -0.3 is 4.98 Å². The molecular weight excluding hydrogens is 160 g/mol. The van der Waals surface area contributed by atoms with Crippen LogP contribution in [0.25, 0.3) is 11.2 Å². The van der Waals surface area contributed by atoms with Crippen molar-refractivity contribution >= 4 is 11.2 Å². The van der Waals surface area contributed by atoms with Crippen molar-refractivity contribution in [3.05, 3.63) is 27.2 Å². The lowest BCUT2D eigenvalue weighted by Gasteiger charge is -1.93. The van der Waals surface area contributed by atoms with Crippen LogP contribution in [-0.2, 0) is 7.02 Å². The highest BCUT2D eigenvalue weighted by molar-refractivity contribution is 5.67. The Morgan fingerprint density at radius 1 is 1.67 bits per heavy atom. The zero-order valence-corrected chi connectivity index (χ0v) is 6.00. The van der Waals surface area contributed by atoms with Crippen LogP contribution in [0.15, 0.2) is 15.9 Å². The third-order valence-electron chi connectivity index (χ3n) is 1.57. The van der Waals surface area contributed by atoms with E-state index in [1.807, 2.05) is 0 Å². The molecule has 0 saturated carbocycles. The Kier molecular flexibility index (Phi) is 0.991. The Morgan fingerprint density at radius 2 is 2.50 bits per heavy atom. The fraction of sp³-hybridized carbons (Fsp3) is 0.167. The largest absolute Gasteiger partial charge is 0.339 e. The standard InChI is InChI=1S/C6H6N4O2/c1-10-5(11)3-4(8-2-7-3)9-6(10)12/h2H,1H3,(H,7,8)(H,9,12)/i1D. The summed E-state index contributed by atoms with van der Waals surface area (Å²) >= 11 is 0. The molecule has 62 valence electrons. The van der Waals surface area contributed by atoms with Gasteiger partial charge in [-0.05, 0) is 0 Å². The molecule has 0 aromatic carbocycles. The van der Waals surface area contributed by atoms with Crippen LogP contribution >= 0.6 is 0 Å². The van der Waals surface area contributed by atoms with Crippen molar-refractivity contribution in [1.82, 2.24) is 19.5 Å². The average Bonchev–Trinajstić information content (AvgIpc) is 2.53. The number of nitrogens with zero attached hydrogens (tertiary/aromatic N) is 2. The van der Waals surface area contributed by atoms with Gasteiger partial charge in [0.1, 0.15) is 5.52 Å². The molecule has 0 atom stereocenters. The van der Waals surface area contributed by atoms with E-state index in [4.69, 9.17) is 1.37 Å². The van der Waals surface area contributed by atoms with Crippen molar-refractivity contribution < 1.29 is 1.37 Å². The van der Waals surface area contributed by atoms with Crippen molar-refractivity contribution in [2.75, 3.05) is 0 Å². The molecule has 2 rings (SSSR count). The molecule has 0 aliphatic rings. The molecule has 0 unspecified atom stereocenters. The first kappa shape index (κ1) is 5.76. The van der Waals surface area contributed by atoms with Gasteiger partial charge in [-0.25, -0.2) is 9.78 Å². The van der Waals surface area contributed by atoms with Crippen LogP contribution in [0.1, 0.15) is 1.37 Å². The minimum Gasteiger partial charge on any atom is -0.339 e. The number of rotatable bonds is 0. The van der Waals surface area contributed by atoms with Crippen LogP contribution in [0, 0.1) is 0 Å². The highest BCUT2D eigenvalue weighted by Crippen LogP contribution is 1.93. The molecule has 2 N–H and O–H groups in total. The van der Waals surface area contributed by atoms with Gasteiger partial charge >= 0.3 is 5.69 Å². The number of fused-ring (bicyclic) bond motifs is 1. The van der Waals surface area contributed by atoms with E-state index in [1.165, 1.54) is 6.33 Å². The maximum absolute atomic E-state index is 11.4. The van der Waals surface area contributed by atoms with Crippen LogP contribution in [0.2, 0.25) is 0 Å². The summed E-state index contributed by atoms with van der Waals surface area (Å²) in [5.74, 6) is 0. The summed E-state index contributed by atoms with van der Waals surface area (Å²) in [6, 6.07) is 0. The second kappa shape index (κ2) is 2.07. The third kappa shape index (κ3) is 0.714. The Bertz CT molecular complexity index is 551. The van der Waals surface area contributed by atoms with Crippen molar-refractivity contribution in [3.63, 3.8) is 0 Å². The van der Waals surface area contributed by atoms with Gasteiger partial charge in [-0.3, -0.25) is 14.3 Å². The minimum absolute atomic E-state index is 0.215. The number of aromatic amines is 2. The molecule has 2 aromatic rings. The zero-order chi connectivity index (χ0) is 9.42. The number of nitrogens with one attached hydrogen (secondary N) is 2. The predicted octanol–water partition coefficient (Wildman–Crippen LogP) is -1.05. The van der Waals surface area contributed by atoms with E-state index in [0.717, 1.165) is 4.57 Å². The Balaban J connectivity index is 3.02.